The molecule has 3 aromatic rings. The summed E-state index contributed by atoms with van der Waals surface area (Å²) < 4.78 is 30.4. The molecule has 0 radical (unpaired) electrons. The van der Waals surface area contributed by atoms with Gasteiger partial charge in [0.25, 0.3) is 0 Å². The van der Waals surface area contributed by atoms with Crippen LogP contribution in [-0.4, -0.2) is 19.5 Å². The van der Waals surface area contributed by atoms with Gasteiger partial charge in [-0.3, -0.25) is 0 Å². The first kappa shape index (κ1) is 18.8. The minimum Gasteiger partial charge on any atom is -0.477 e. The van der Waals surface area contributed by atoms with Crippen molar-refractivity contribution in [3.63, 3.8) is 0 Å². The van der Waals surface area contributed by atoms with Crippen molar-refractivity contribution in [3.8, 4) is 5.75 Å². The molecule has 3 aromatic carbocycles. The number of rotatable bonds is 3. The zero-order valence-electron chi connectivity index (χ0n) is 15.7. The van der Waals surface area contributed by atoms with Gasteiger partial charge in [-0.15, -0.1) is 0 Å². The number of para-hydroxylation sites is 1. The number of fused-ring (bicyclic) bond motifs is 1. The first-order chi connectivity index (χ1) is 13.3. The highest BCUT2D eigenvalue weighted by atomic mass is 32.2. The van der Waals surface area contributed by atoms with Crippen molar-refractivity contribution in [2.75, 3.05) is 6.26 Å². The van der Waals surface area contributed by atoms with E-state index in [-0.39, 0.29) is 4.90 Å². The van der Waals surface area contributed by atoms with Crippen molar-refractivity contribution >= 4 is 26.9 Å². The predicted octanol–water partition coefficient (Wildman–Crippen LogP) is 4.84. The topological polar surface area (TPSA) is 43.4 Å². The average molecular weight is 409 g/mol. The van der Waals surface area contributed by atoms with Gasteiger partial charge in [0.05, 0.1) is 4.90 Å². The molecule has 4 rings (SSSR count). The molecule has 28 heavy (non-hydrogen) atoms. The number of ether oxygens (including phenoxy) is 1. The summed E-state index contributed by atoms with van der Waals surface area (Å²) in [6, 6.07) is 22.9. The van der Waals surface area contributed by atoms with E-state index in [1.807, 2.05) is 61.5 Å². The van der Waals surface area contributed by atoms with Crippen LogP contribution in [0.1, 0.15) is 28.7 Å². The van der Waals surface area contributed by atoms with E-state index in [1.54, 1.807) is 12.1 Å². The third kappa shape index (κ3) is 3.25. The third-order valence-electron chi connectivity index (χ3n) is 5.11. The van der Waals surface area contributed by atoms with Crippen molar-refractivity contribution in [3.05, 3.63) is 95.1 Å². The SMILES string of the molecule is Cc1cccc(C2(c3ccc(S(C)(=O)=O)cc3)CC(=S)c3ccccc3O2)c1. The molecule has 0 spiro atoms. The number of hydrogen-bond acceptors (Lipinski definition) is 4. The maximum absolute atomic E-state index is 11.9. The van der Waals surface area contributed by atoms with E-state index in [2.05, 4.69) is 6.07 Å². The predicted molar refractivity (Wildman–Crippen MR) is 115 cm³/mol. The molecule has 1 aliphatic rings. The zero-order valence-corrected chi connectivity index (χ0v) is 17.3. The molecule has 1 heterocycles. The molecule has 5 heteroatoms. The molecule has 0 N–H and O–H groups in total. The molecule has 1 unspecified atom stereocenters. The Morgan fingerprint density at radius 1 is 0.929 bits per heavy atom. The summed E-state index contributed by atoms with van der Waals surface area (Å²) in [5, 5.41) is 0. The van der Waals surface area contributed by atoms with Crippen LogP contribution in [0, 0.1) is 6.92 Å². The van der Waals surface area contributed by atoms with Crippen LogP contribution in [-0.2, 0) is 15.4 Å². The fourth-order valence-corrected chi connectivity index (χ4v) is 4.69. The molecule has 0 saturated heterocycles. The van der Waals surface area contributed by atoms with Crippen LogP contribution in [0.15, 0.2) is 77.7 Å². The molecule has 1 aliphatic heterocycles. The molecular formula is C23H20O3S2. The smallest absolute Gasteiger partial charge is 0.175 e. The van der Waals surface area contributed by atoms with Gasteiger partial charge in [-0.1, -0.05) is 72.4 Å². The van der Waals surface area contributed by atoms with Gasteiger partial charge in [0.1, 0.15) is 5.75 Å². The van der Waals surface area contributed by atoms with Crippen LogP contribution in [0.25, 0.3) is 0 Å². The fourth-order valence-electron chi connectivity index (χ4n) is 3.69. The zero-order chi connectivity index (χ0) is 19.9. The number of aryl methyl sites for hydroxylation is 1. The quantitative estimate of drug-likeness (QED) is 0.582. The summed E-state index contributed by atoms with van der Waals surface area (Å²) in [6.45, 7) is 2.04. The minimum absolute atomic E-state index is 0.287. The second kappa shape index (κ2) is 6.83. The average Bonchev–Trinajstić information content (AvgIpc) is 2.67. The lowest BCUT2D eigenvalue weighted by Gasteiger charge is -2.40. The Kier molecular flexibility index (Phi) is 4.60. The van der Waals surface area contributed by atoms with Gasteiger partial charge < -0.3 is 4.74 Å². The summed E-state index contributed by atoms with van der Waals surface area (Å²) in [5.41, 5.74) is 3.14. The van der Waals surface area contributed by atoms with Gasteiger partial charge >= 0.3 is 0 Å². The summed E-state index contributed by atoms with van der Waals surface area (Å²) in [4.78, 5) is 1.12. The number of benzene rings is 3. The third-order valence-corrected chi connectivity index (χ3v) is 6.61. The lowest BCUT2D eigenvalue weighted by molar-refractivity contribution is 0.113. The normalized spacial score (nSPS) is 19.0. The Labute approximate surface area is 170 Å². The van der Waals surface area contributed by atoms with Gasteiger partial charge in [-0.2, -0.15) is 0 Å². The minimum atomic E-state index is -3.27. The Balaban J connectivity index is 1.92. The first-order valence-corrected chi connectivity index (χ1v) is 11.3. The van der Waals surface area contributed by atoms with Crippen LogP contribution in [0.2, 0.25) is 0 Å². The number of hydrogen-bond donors (Lipinski definition) is 0. The number of thiocarbonyl (C=S) groups is 1. The molecule has 0 bridgehead atoms. The van der Waals surface area contributed by atoms with Crippen LogP contribution in [0.5, 0.6) is 5.75 Å². The molecule has 0 fully saturated rings. The monoisotopic (exact) mass is 408 g/mol. The van der Waals surface area contributed by atoms with Crippen LogP contribution in [0.4, 0.5) is 0 Å². The Hall–Kier alpha value is -2.50. The van der Waals surface area contributed by atoms with E-state index in [4.69, 9.17) is 17.0 Å². The van der Waals surface area contributed by atoms with E-state index < -0.39 is 15.4 Å². The van der Waals surface area contributed by atoms with Crippen LogP contribution in [0.3, 0.4) is 0 Å². The maximum atomic E-state index is 11.9. The molecule has 0 aliphatic carbocycles. The highest BCUT2D eigenvalue weighted by molar-refractivity contribution is 7.90. The largest absolute Gasteiger partial charge is 0.477 e. The van der Waals surface area contributed by atoms with Crippen molar-refractivity contribution < 1.29 is 13.2 Å². The van der Waals surface area contributed by atoms with Gasteiger partial charge in [-0.05, 0) is 25.1 Å². The second-order valence-electron chi connectivity index (χ2n) is 7.19. The molecule has 142 valence electrons. The van der Waals surface area contributed by atoms with Gasteiger partial charge in [-0.25, -0.2) is 8.42 Å². The van der Waals surface area contributed by atoms with Crippen molar-refractivity contribution in [1.82, 2.24) is 0 Å². The molecule has 0 saturated carbocycles. The van der Waals surface area contributed by atoms with Crippen molar-refractivity contribution in [2.45, 2.75) is 23.8 Å². The van der Waals surface area contributed by atoms with E-state index in [0.717, 1.165) is 32.9 Å². The van der Waals surface area contributed by atoms with Crippen molar-refractivity contribution in [1.29, 1.82) is 0 Å². The van der Waals surface area contributed by atoms with Crippen LogP contribution < -0.4 is 4.74 Å². The summed E-state index contributed by atoms with van der Waals surface area (Å²) in [6.07, 6.45) is 1.72. The summed E-state index contributed by atoms with van der Waals surface area (Å²) >= 11 is 5.75. The summed E-state index contributed by atoms with van der Waals surface area (Å²) in [7, 11) is -3.27. The first-order valence-electron chi connectivity index (χ1n) is 8.99. The van der Waals surface area contributed by atoms with Gasteiger partial charge in [0.2, 0.25) is 0 Å². The fraction of sp³-hybridized carbons (Fsp3) is 0.174. The van der Waals surface area contributed by atoms with E-state index in [1.165, 1.54) is 6.26 Å². The summed E-state index contributed by atoms with van der Waals surface area (Å²) in [5.74, 6) is 0.743. The lowest BCUT2D eigenvalue weighted by atomic mass is 9.79. The Morgan fingerprint density at radius 2 is 1.64 bits per heavy atom. The number of sulfone groups is 1. The maximum Gasteiger partial charge on any atom is 0.175 e. The Bertz CT molecular complexity index is 1160. The second-order valence-corrected chi connectivity index (χ2v) is 9.70. The highest BCUT2D eigenvalue weighted by Gasteiger charge is 2.42. The molecule has 0 amide bonds. The Morgan fingerprint density at radius 3 is 2.32 bits per heavy atom. The van der Waals surface area contributed by atoms with E-state index in [9.17, 15) is 8.42 Å². The van der Waals surface area contributed by atoms with Crippen LogP contribution >= 0.6 is 12.2 Å². The molecule has 1 atom stereocenters. The van der Waals surface area contributed by atoms with E-state index >= 15 is 0 Å². The molecular weight excluding hydrogens is 388 g/mol. The van der Waals surface area contributed by atoms with Gasteiger partial charge in [0, 0.05) is 34.2 Å². The highest BCUT2D eigenvalue weighted by Crippen LogP contribution is 2.44. The van der Waals surface area contributed by atoms with Gasteiger partial charge in [0.15, 0.2) is 15.4 Å². The molecule has 0 aromatic heterocycles. The lowest BCUT2D eigenvalue weighted by Crippen LogP contribution is -2.40. The van der Waals surface area contributed by atoms with Crippen molar-refractivity contribution in [2.24, 2.45) is 0 Å². The van der Waals surface area contributed by atoms with E-state index in [0.29, 0.717) is 6.42 Å². The standard InChI is InChI=1S/C23H20O3S2/c1-16-6-5-7-18(14-16)23(17-10-12-19(13-11-17)28(2,24)25)15-22(27)20-8-3-4-9-21(20)26-23/h3-14H,15H2,1-2H3. The molecule has 3 nitrogen and oxygen atoms in total.